The molecule has 0 unspecified atom stereocenters. The Labute approximate surface area is 139 Å². The molecule has 0 bridgehead atoms. The summed E-state index contributed by atoms with van der Waals surface area (Å²) in [4.78, 5) is 23.1. The summed E-state index contributed by atoms with van der Waals surface area (Å²) in [5.41, 5.74) is 1.64. The van der Waals surface area contributed by atoms with Crippen molar-refractivity contribution >= 4 is 40.5 Å². The molecule has 0 saturated carbocycles. The molecule has 0 aliphatic heterocycles. The molecule has 0 radical (unpaired) electrons. The normalized spacial score (nSPS) is 10.6. The number of aromatic nitrogens is 3. The van der Waals surface area contributed by atoms with E-state index in [-0.39, 0.29) is 22.5 Å². The smallest absolute Gasteiger partial charge is 0.355 e. The monoisotopic (exact) mass is 353 g/mol. The van der Waals surface area contributed by atoms with Gasteiger partial charge in [0.25, 0.3) is 0 Å². The van der Waals surface area contributed by atoms with E-state index in [0.29, 0.717) is 5.69 Å². The van der Waals surface area contributed by atoms with Gasteiger partial charge in [-0.25, -0.2) is 9.78 Å². The lowest BCUT2D eigenvalue weighted by molar-refractivity contribution is 0.0462. The zero-order valence-corrected chi connectivity index (χ0v) is 13.4. The number of aromatic amines is 1. The number of H-pyrrole nitrogens is 1. The van der Waals surface area contributed by atoms with Gasteiger partial charge in [-0.05, 0) is 18.2 Å². The van der Waals surface area contributed by atoms with Crippen molar-refractivity contribution < 1.29 is 9.53 Å². The van der Waals surface area contributed by atoms with E-state index in [9.17, 15) is 4.79 Å². The maximum absolute atomic E-state index is 11.9. The van der Waals surface area contributed by atoms with E-state index in [1.54, 1.807) is 6.20 Å². The van der Waals surface area contributed by atoms with Gasteiger partial charge in [-0.15, -0.1) is 11.3 Å². The first-order chi connectivity index (χ1) is 10.6. The molecule has 0 aliphatic carbocycles. The predicted octanol–water partition coefficient (Wildman–Crippen LogP) is 4.20. The summed E-state index contributed by atoms with van der Waals surface area (Å²) in [6.45, 7) is 0.0659. The van der Waals surface area contributed by atoms with Crippen LogP contribution in [0.4, 0.5) is 0 Å². The molecule has 3 aromatic heterocycles. The topological polar surface area (TPSA) is 67.9 Å². The van der Waals surface area contributed by atoms with E-state index in [4.69, 9.17) is 27.9 Å². The molecule has 1 N–H and O–H groups in total. The second kappa shape index (κ2) is 6.48. The van der Waals surface area contributed by atoms with Crippen molar-refractivity contribution in [3.63, 3.8) is 0 Å². The average Bonchev–Trinajstić information content (AvgIpc) is 3.13. The van der Waals surface area contributed by atoms with Gasteiger partial charge in [0.2, 0.25) is 0 Å². The number of nitrogens with one attached hydrogen (secondary N) is 1. The van der Waals surface area contributed by atoms with Gasteiger partial charge in [-0.2, -0.15) is 0 Å². The van der Waals surface area contributed by atoms with Gasteiger partial charge in [0, 0.05) is 11.6 Å². The largest absolute Gasteiger partial charge is 0.454 e. The molecule has 0 amide bonds. The molecule has 0 spiro atoms. The molecule has 112 valence electrons. The third kappa shape index (κ3) is 3.30. The molecule has 3 rings (SSSR count). The van der Waals surface area contributed by atoms with Crippen LogP contribution in [0, 0.1) is 0 Å². The Morgan fingerprint density at radius 2 is 2.23 bits per heavy atom. The van der Waals surface area contributed by atoms with Crippen LogP contribution in [0.2, 0.25) is 10.2 Å². The van der Waals surface area contributed by atoms with Gasteiger partial charge in [0.1, 0.15) is 22.5 Å². The molecule has 0 fully saturated rings. The van der Waals surface area contributed by atoms with Crippen LogP contribution in [-0.2, 0) is 11.3 Å². The van der Waals surface area contributed by atoms with E-state index >= 15 is 0 Å². The van der Waals surface area contributed by atoms with Crippen LogP contribution in [0.25, 0.3) is 10.7 Å². The number of nitrogens with zero attached hydrogens (tertiary/aromatic N) is 2. The first kappa shape index (κ1) is 15.0. The molecular weight excluding hydrogens is 345 g/mol. The predicted molar refractivity (Wildman–Crippen MR) is 85.3 cm³/mol. The van der Waals surface area contributed by atoms with Gasteiger partial charge in [0.15, 0.2) is 0 Å². The Bertz CT molecular complexity index is 782. The fraction of sp³-hybridized carbons (Fsp3) is 0.0714. The highest BCUT2D eigenvalue weighted by atomic mass is 35.5. The zero-order valence-electron chi connectivity index (χ0n) is 11.0. The number of esters is 1. The van der Waals surface area contributed by atoms with Gasteiger partial charge < -0.3 is 9.72 Å². The van der Waals surface area contributed by atoms with Crippen molar-refractivity contribution in [1.29, 1.82) is 0 Å². The second-order valence-electron chi connectivity index (χ2n) is 4.28. The van der Waals surface area contributed by atoms with Crippen LogP contribution in [0.3, 0.4) is 0 Å². The number of halogens is 2. The SMILES string of the molecule is O=C(OCc1csc(-c2ccccn2)n1)c1cc(Cl)c(Cl)[nH]1. The van der Waals surface area contributed by atoms with E-state index in [2.05, 4.69) is 15.0 Å². The number of hydrogen-bond donors (Lipinski definition) is 1. The van der Waals surface area contributed by atoms with Gasteiger partial charge >= 0.3 is 5.97 Å². The minimum Gasteiger partial charge on any atom is -0.454 e. The van der Waals surface area contributed by atoms with Gasteiger partial charge in [0.05, 0.1) is 16.4 Å². The molecule has 5 nitrogen and oxygen atoms in total. The summed E-state index contributed by atoms with van der Waals surface area (Å²) in [7, 11) is 0. The minimum absolute atomic E-state index is 0.0659. The van der Waals surface area contributed by atoms with Crippen LogP contribution in [0.15, 0.2) is 35.8 Å². The first-order valence-corrected chi connectivity index (χ1v) is 7.84. The van der Waals surface area contributed by atoms with E-state index < -0.39 is 5.97 Å². The summed E-state index contributed by atoms with van der Waals surface area (Å²) in [5.74, 6) is -0.541. The molecule has 0 aliphatic rings. The van der Waals surface area contributed by atoms with Crippen molar-refractivity contribution in [2.24, 2.45) is 0 Å². The van der Waals surface area contributed by atoms with E-state index in [0.717, 1.165) is 10.7 Å². The number of hydrogen-bond acceptors (Lipinski definition) is 5. The summed E-state index contributed by atoms with van der Waals surface area (Å²) >= 11 is 13.0. The van der Waals surface area contributed by atoms with Crippen molar-refractivity contribution in [2.75, 3.05) is 0 Å². The van der Waals surface area contributed by atoms with Crippen LogP contribution in [0.5, 0.6) is 0 Å². The van der Waals surface area contributed by atoms with Gasteiger partial charge in [-0.3, -0.25) is 4.98 Å². The van der Waals surface area contributed by atoms with Crippen molar-refractivity contribution in [3.8, 4) is 10.7 Å². The molecule has 3 heterocycles. The third-order valence-corrected chi connectivity index (χ3v) is 4.34. The van der Waals surface area contributed by atoms with Gasteiger partial charge in [-0.1, -0.05) is 29.3 Å². The highest BCUT2D eigenvalue weighted by Gasteiger charge is 2.14. The first-order valence-electron chi connectivity index (χ1n) is 6.20. The zero-order chi connectivity index (χ0) is 15.5. The number of ether oxygens (including phenoxy) is 1. The maximum Gasteiger partial charge on any atom is 0.355 e. The number of pyridine rings is 1. The van der Waals surface area contributed by atoms with Crippen LogP contribution >= 0.6 is 34.5 Å². The highest BCUT2D eigenvalue weighted by Crippen LogP contribution is 2.23. The number of rotatable bonds is 4. The summed E-state index contributed by atoms with van der Waals surface area (Å²) in [5, 5.41) is 3.09. The summed E-state index contributed by atoms with van der Waals surface area (Å²) < 4.78 is 5.17. The Morgan fingerprint density at radius 1 is 1.36 bits per heavy atom. The average molecular weight is 354 g/mol. The van der Waals surface area contributed by atoms with Crippen molar-refractivity contribution in [3.05, 3.63) is 57.4 Å². The quantitative estimate of drug-likeness (QED) is 0.713. The highest BCUT2D eigenvalue weighted by molar-refractivity contribution is 7.13. The summed E-state index contributed by atoms with van der Waals surface area (Å²) in [6, 6.07) is 7.03. The summed E-state index contributed by atoms with van der Waals surface area (Å²) in [6.07, 6.45) is 1.70. The lowest BCUT2D eigenvalue weighted by Crippen LogP contribution is -2.05. The van der Waals surface area contributed by atoms with Crippen LogP contribution in [-0.4, -0.2) is 20.9 Å². The molecule has 3 aromatic rings. The van der Waals surface area contributed by atoms with E-state index in [1.165, 1.54) is 17.4 Å². The Kier molecular flexibility index (Phi) is 4.42. The van der Waals surface area contributed by atoms with Crippen molar-refractivity contribution in [1.82, 2.24) is 15.0 Å². The Hall–Kier alpha value is -1.89. The standard InChI is InChI=1S/C14H9Cl2N3O2S/c15-9-5-11(19-12(9)16)14(20)21-6-8-7-22-13(18-8)10-3-1-2-4-17-10/h1-5,7,19H,6H2. The number of carbonyl (C=O) groups excluding carboxylic acids is 1. The lowest BCUT2D eigenvalue weighted by atomic mass is 10.4. The second-order valence-corrected chi connectivity index (χ2v) is 5.92. The molecule has 0 atom stereocenters. The molecule has 22 heavy (non-hydrogen) atoms. The Morgan fingerprint density at radius 3 is 2.91 bits per heavy atom. The molecule has 8 heteroatoms. The van der Waals surface area contributed by atoms with E-state index in [1.807, 2.05) is 23.6 Å². The molecule has 0 saturated heterocycles. The molecular formula is C14H9Cl2N3O2S. The fourth-order valence-corrected chi connectivity index (χ4v) is 2.80. The lowest BCUT2D eigenvalue weighted by Gasteiger charge is -2.00. The maximum atomic E-state index is 11.9. The fourth-order valence-electron chi connectivity index (χ4n) is 1.71. The minimum atomic E-state index is -0.541. The molecule has 0 aromatic carbocycles. The number of thiazole rings is 1. The van der Waals surface area contributed by atoms with Crippen LogP contribution in [0.1, 0.15) is 16.2 Å². The Balaban J connectivity index is 1.65. The van der Waals surface area contributed by atoms with Crippen LogP contribution < -0.4 is 0 Å². The third-order valence-electron chi connectivity index (χ3n) is 2.73. The number of carbonyl (C=O) groups is 1. The van der Waals surface area contributed by atoms with Crippen molar-refractivity contribution in [2.45, 2.75) is 6.61 Å².